The van der Waals surface area contributed by atoms with Gasteiger partial charge in [-0.25, -0.2) is 36.8 Å². The number of fused-ring (bicyclic) bond motifs is 2. The zero-order chi connectivity index (χ0) is 43.5. The van der Waals surface area contributed by atoms with Gasteiger partial charge >= 0.3 is 0 Å². The quantitative estimate of drug-likeness (QED) is 0.130. The molecule has 0 atom stereocenters. The molecule has 0 bridgehead atoms. The zero-order valence-electron chi connectivity index (χ0n) is 31.6. The molecule has 0 radical (unpaired) electrons. The Hall–Kier alpha value is -5.76. The predicted octanol–water partition coefficient (Wildman–Crippen LogP) is 6.47. The Morgan fingerprint density at radius 3 is 1.52 bits per heavy atom. The summed E-state index contributed by atoms with van der Waals surface area (Å²) in [5.41, 5.74) is 2.80. The van der Waals surface area contributed by atoms with Gasteiger partial charge in [0.1, 0.15) is 44.2 Å². The van der Waals surface area contributed by atoms with Crippen LogP contribution in [0, 0.1) is 6.92 Å². The lowest BCUT2D eigenvalue weighted by Crippen LogP contribution is -2.20. The first-order valence-corrected chi connectivity index (χ1v) is 23.6. The molecule has 14 nitrogen and oxygen atoms in total. The molecular formula is C41H30Cl2N6O8S4. The number of Topliss-reactive ketones (excluding diaryl/α,β-unsaturated/α-hetero) is 2. The van der Waals surface area contributed by atoms with Gasteiger partial charge in [-0.15, -0.1) is 22.7 Å². The van der Waals surface area contributed by atoms with E-state index in [1.54, 1.807) is 54.6 Å². The fourth-order valence-electron chi connectivity index (χ4n) is 6.01. The van der Waals surface area contributed by atoms with Gasteiger partial charge in [-0.1, -0.05) is 53.5 Å². The Labute approximate surface area is 365 Å². The number of rotatable bonds is 12. The fourth-order valence-corrected chi connectivity index (χ4v) is 11.6. The number of halogens is 2. The molecule has 0 saturated heterocycles. The smallest absolute Gasteiger partial charge is 0.266 e. The Morgan fingerprint density at radius 1 is 0.590 bits per heavy atom. The number of carbonyl (C=O) groups is 2. The van der Waals surface area contributed by atoms with Crippen LogP contribution in [0.25, 0.3) is 33.4 Å². The van der Waals surface area contributed by atoms with Crippen molar-refractivity contribution in [3.05, 3.63) is 162 Å². The van der Waals surface area contributed by atoms with Crippen molar-refractivity contribution >= 4 is 98.9 Å². The highest BCUT2D eigenvalue weighted by molar-refractivity contribution is 7.94. The number of thiophene rings is 2. The van der Waals surface area contributed by atoms with E-state index in [4.69, 9.17) is 23.2 Å². The molecule has 8 aromatic rings. The third-order valence-corrected chi connectivity index (χ3v) is 15.9. The average Bonchev–Trinajstić information content (AvgIpc) is 3.88. The molecule has 0 saturated carbocycles. The van der Waals surface area contributed by atoms with Gasteiger partial charge in [0.15, 0.2) is 31.2 Å². The number of pyridine rings is 2. The number of nitrogens with zero attached hydrogens (tertiary/aromatic N) is 6. The minimum atomic E-state index is -3.73. The maximum absolute atomic E-state index is 12.7. The van der Waals surface area contributed by atoms with Crippen LogP contribution >= 0.6 is 45.9 Å². The molecule has 0 fully saturated rings. The average molecular weight is 934 g/mol. The number of hydrogen-bond donors (Lipinski definition) is 0. The summed E-state index contributed by atoms with van der Waals surface area (Å²) in [7, 11) is -7.45. The van der Waals surface area contributed by atoms with Crippen LogP contribution in [0.5, 0.6) is 0 Å². The number of aromatic nitrogens is 6. The third kappa shape index (κ3) is 10.2. The Bertz CT molecular complexity index is 3310. The lowest BCUT2D eigenvalue weighted by atomic mass is 10.1. The summed E-state index contributed by atoms with van der Waals surface area (Å²) in [5, 5.41) is 0.952. The van der Waals surface area contributed by atoms with Gasteiger partial charge in [0, 0.05) is 25.2 Å². The lowest BCUT2D eigenvalue weighted by molar-refractivity contribution is -0.116. The summed E-state index contributed by atoms with van der Waals surface area (Å²) in [6, 6.07) is 24.6. The summed E-state index contributed by atoms with van der Waals surface area (Å²) in [5.74, 6) is -1.43. The number of sulfone groups is 2. The molecule has 0 amide bonds. The molecule has 310 valence electrons. The largest absolute Gasteiger partial charge is 0.298 e. The molecule has 61 heavy (non-hydrogen) atoms. The second-order valence-corrected chi connectivity index (χ2v) is 21.4. The standard InChI is InChI=1S/C21H16ClN3O4S2.C20H14ClN3O4S2/c1-13-2-4-16-17(8-13)24-12-25(21(16)27)19-6-3-14(10-23-19)9-15(26)11-31(28,29)20-7-5-18(22)30-20;21-17-6-8-19(29-17)30(27,28)11-14(25)9-13-5-7-18(22-10-13)24-12-23-16-4-2-1-3-15(16)20(24)26/h2-8,10,12H,9,11H2,1H3;1-8,10,12H,9,11H2. The fraction of sp³-hybridized carbons (Fsp3) is 0.122. The second-order valence-electron chi connectivity index (χ2n) is 13.5. The number of carbonyl (C=O) groups excluding carboxylic acids is 2. The van der Waals surface area contributed by atoms with Crippen molar-refractivity contribution in [2.45, 2.75) is 28.2 Å². The number of para-hydroxylation sites is 1. The van der Waals surface area contributed by atoms with E-state index in [1.165, 1.54) is 58.4 Å². The Kier molecular flexibility index (Phi) is 12.8. The molecule has 2 aromatic carbocycles. The van der Waals surface area contributed by atoms with Gasteiger partial charge in [-0.05, 0) is 84.3 Å². The molecule has 0 spiro atoms. The van der Waals surface area contributed by atoms with Crippen LogP contribution in [0.3, 0.4) is 0 Å². The molecule has 0 aliphatic carbocycles. The van der Waals surface area contributed by atoms with Crippen molar-refractivity contribution in [3.63, 3.8) is 0 Å². The van der Waals surface area contributed by atoms with Gasteiger partial charge in [0.2, 0.25) is 0 Å². The SMILES string of the molecule is Cc1ccc2c(=O)n(-c3ccc(CC(=O)CS(=O)(=O)c4ccc(Cl)s4)cn3)cnc2c1.O=C(Cc1ccc(-n2cnc3ccccc3c2=O)nc1)CS(=O)(=O)c1ccc(Cl)s1. The van der Waals surface area contributed by atoms with Crippen molar-refractivity contribution in [3.8, 4) is 11.6 Å². The molecule has 6 aromatic heterocycles. The second kappa shape index (κ2) is 18.1. The van der Waals surface area contributed by atoms with E-state index < -0.39 is 42.7 Å². The maximum Gasteiger partial charge on any atom is 0.266 e. The van der Waals surface area contributed by atoms with E-state index >= 15 is 0 Å². The zero-order valence-corrected chi connectivity index (χ0v) is 36.4. The van der Waals surface area contributed by atoms with Crippen LogP contribution in [0.2, 0.25) is 8.67 Å². The summed E-state index contributed by atoms with van der Waals surface area (Å²) >= 11 is 13.4. The van der Waals surface area contributed by atoms with Crippen LogP contribution in [-0.2, 0) is 42.1 Å². The van der Waals surface area contributed by atoms with Gasteiger partial charge < -0.3 is 0 Å². The molecular weight excluding hydrogens is 904 g/mol. The Balaban J connectivity index is 0.000000184. The third-order valence-electron chi connectivity index (χ3n) is 8.91. The van der Waals surface area contributed by atoms with E-state index in [0.717, 1.165) is 28.2 Å². The predicted molar refractivity (Wildman–Crippen MR) is 235 cm³/mol. The molecule has 8 rings (SSSR count). The number of hydrogen-bond acceptors (Lipinski definition) is 14. The first-order chi connectivity index (χ1) is 29.1. The highest BCUT2D eigenvalue weighted by Crippen LogP contribution is 2.28. The van der Waals surface area contributed by atoms with Crippen molar-refractivity contribution in [2.24, 2.45) is 0 Å². The molecule has 0 unspecified atom stereocenters. The van der Waals surface area contributed by atoms with Crippen LogP contribution in [-0.4, -0.2) is 69.0 Å². The van der Waals surface area contributed by atoms with Gasteiger partial charge in [-0.3, -0.25) is 28.3 Å². The van der Waals surface area contributed by atoms with Crippen LogP contribution < -0.4 is 11.1 Å². The summed E-state index contributed by atoms with van der Waals surface area (Å²) in [6.45, 7) is 1.93. The molecule has 20 heteroatoms. The molecule has 6 heterocycles. The normalized spacial score (nSPS) is 11.7. The minimum absolute atomic E-state index is 0.0671. The molecule has 0 aliphatic heterocycles. The summed E-state index contributed by atoms with van der Waals surface area (Å²) in [6.07, 6.45) is 5.54. The summed E-state index contributed by atoms with van der Waals surface area (Å²) in [4.78, 5) is 67.0. The molecule has 0 N–H and O–H groups in total. The maximum atomic E-state index is 12.7. The first kappa shape index (κ1) is 43.3. The number of ketones is 2. The van der Waals surface area contributed by atoms with Crippen molar-refractivity contribution in [1.29, 1.82) is 0 Å². The minimum Gasteiger partial charge on any atom is -0.298 e. The lowest BCUT2D eigenvalue weighted by Gasteiger charge is -2.07. The number of benzene rings is 2. The first-order valence-electron chi connectivity index (χ1n) is 17.9. The van der Waals surface area contributed by atoms with E-state index in [0.29, 0.717) is 53.2 Å². The van der Waals surface area contributed by atoms with E-state index in [2.05, 4.69) is 19.9 Å². The van der Waals surface area contributed by atoms with E-state index in [-0.39, 0.29) is 32.4 Å². The van der Waals surface area contributed by atoms with Crippen molar-refractivity contribution < 1.29 is 26.4 Å². The van der Waals surface area contributed by atoms with Crippen LogP contribution in [0.1, 0.15) is 16.7 Å². The van der Waals surface area contributed by atoms with Crippen LogP contribution in [0.15, 0.2) is 134 Å². The van der Waals surface area contributed by atoms with Gasteiger partial charge in [0.25, 0.3) is 11.1 Å². The number of aryl methyl sites for hydroxylation is 1. The highest BCUT2D eigenvalue weighted by Gasteiger charge is 2.23. The van der Waals surface area contributed by atoms with Gasteiger partial charge in [0.05, 0.1) is 30.5 Å². The monoisotopic (exact) mass is 932 g/mol. The van der Waals surface area contributed by atoms with Gasteiger partial charge in [-0.2, -0.15) is 0 Å². The Morgan fingerprint density at radius 2 is 1.07 bits per heavy atom. The summed E-state index contributed by atoms with van der Waals surface area (Å²) < 4.78 is 52.7. The van der Waals surface area contributed by atoms with Crippen LogP contribution in [0.4, 0.5) is 0 Å². The topological polar surface area (TPSA) is 198 Å². The molecule has 0 aliphatic rings. The van der Waals surface area contributed by atoms with Crippen molar-refractivity contribution in [2.75, 3.05) is 11.5 Å². The van der Waals surface area contributed by atoms with Crippen molar-refractivity contribution in [1.82, 2.24) is 29.1 Å². The van der Waals surface area contributed by atoms with E-state index in [1.807, 2.05) is 19.1 Å². The van der Waals surface area contributed by atoms with E-state index in [9.17, 15) is 36.0 Å². The highest BCUT2D eigenvalue weighted by atomic mass is 35.5.